The molecule has 0 aliphatic carbocycles. The van der Waals surface area contributed by atoms with Crippen LogP contribution in [0.5, 0.6) is 0 Å². The van der Waals surface area contributed by atoms with Crippen LogP contribution >= 0.6 is 0 Å². The standard InChI is InChI=1S/C14H17N3O/c1-17-8-3-2-4-12(17)13(11-5-9-18-10-11)14-15-6-7-16-14/h5-7,9-10H,2-4,8H2,1H3,(H,15,16)/b13-12+. The fourth-order valence-electron chi connectivity index (χ4n) is 2.53. The molecule has 3 rings (SSSR count). The van der Waals surface area contributed by atoms with Gasteiger partial charge in [-0.05, 0) is 25.3 Å². The third-order valence-electron chi connectivity index (χ3n) is 3.45. The summed E-state index contributed by atoms with van der Waals surface area (Å²) in [6.45, 7) is 1.11. The maximum Gasteiger partial charge on any atom is 0.139 e. The molecule has 1 fully saturated rings. The van der Waals surface area contributed by atoms with E-state index in [2.05, 4.69) is 21.9 Å². The maximum absolute atomic E-state index is 5.23. The van der Waals surface area contributed by atoms with Crippen molar-refractivity contribution in [2.45, 2.75) is 19.3 Å². The summed E-state index contributed by atoms with van der Waals surface area (Å²) in [7, 11) is 2.15. The lowest BCUT2D eigenvalue weighted by Crippen LogP contribution is -2.25. The number of furan rings is 1. The number of allylic oxidation sites excluding steroid dienone is 1. The lowest BCUT2D eigenvalue weighted by Gasteiger charge is -2.29. The Kier molecular flexibility index (Phi) is 2.92. The molecule has 4 nitrogen and oxygen atoms in total. The zero-order valence-electron chi connectivity index (χ0n) is 10.5. The normalized spacial score (nSPS) is 19.1. The van der Waals surface area contributed by atoms with Gasteiger partial charge in [-0.2, -0.15) is 0 Å². The van der Waals surface area contributed by atoms with Gasteiger partial charge in [-0.15, -0.1) is 0 Å². The number of piperidine rings is 1. The highest BCUT2D eigenvalue weighted by molar-refractivity contribution is 5.78. The second kappa shape index (κ2) is 4.72. The molecule has 0 bridgehead atoms. The molecule has 1 saturated heterocycles. The Bertz CT molecular complexity index is 489. The Morgan fingerprint density at radius 2 is 2.39 bits per heavy atom. The molecule has 0 unspecified atom stereocenters. The van der Waals surface area contributed by atoms with Gasteiger partial charge in [-0.1, -0.05) is 0 Å². The highest BCUT2D eigenvalue weighted by Gasteiger charge is 2.20. The van der Waals surface area contributed by atoms with E-state index in [0.717, 1.165) is 29.9 Å². The van der Waals surface area contributed by atoms with E-state index in [0.29, 0.717) is 0 Å². The molecule has 2 aromatic heterocycles. The van der Waals surface area contributed by atoms with Crippen molar-refractivity contribution in [1.29, 1.82) is 0 Å². The number of H-pyrrole nitrogens is 1. The number of likely N-dealkylation sites (tertiary alicyclic amines) is 1. The van der Waals surface area contributed by atoms with Gasteiger partial charge in [0.25, 0.3) is 0 Å². The molecule has 94 valence electrons. The molecule has 0 radical (unpaired) electrons. The van der Waals surface area contributed by atoms with E-state index in [-0.39, 0.29) is 0 Å². The lowest BCUT2D eigenvalue weighted by atomic mass is 9.98. The van der Waals surface area contributed by atoms with Gasteiger partial charge in [-0.3, -0.25) is 0 Å². The Hall–Kier alpha value is -1.97. The molecule has 0 spiro atoms. The first-order valence-electron chi connectivity index (χ1n) is 6.33. The Balaban J connectivity index is 2.12. The average Bonchev–Trinajstić information content (AvgIpc) is 3.05. The zero-order valence-corrected chi connectivity index (χ0v) is 10.5. The van der Waals surface area contributed by atoms with Crippen LogP contribution in [0.1, 0.15) is 30.7 Å². The minimum atomic E-state index is 0.917. The maximum atomic E-state index is 5.23. The third-order valence-corrected chi connectivity index (χ3v) is 3.45. The van der Waals surface area contributed by atoms with Crippen molar-refractivity contribution in [3.8, 4) is 0 Å². The summed E-state index contributed by atoms with van der Waals surface area (Å²) < 4.78 is 5.23. The zero-order chi connectivity index (χ0) is 12.4. The summed E-state index contributed by atoms with van der Waals surface area (Å²) in [5, 5.41) is 0. The van der Waals surface area contributed by atoms with E-state index in [1.165, 1.54) is 18.5 Å². The number of nitrogens with zero attached hydrogens (tertiary/aromatic N) is 2. The Morgan fingerprint density at radius 1 is 1.44 bits per heavy atom. The van der Waals surface area contributed by atoms with Crippen molar-refractivity contribution in [2.75, 3.05) is 13.6 Å². The van der Waals surface area contributed by atoms with Gasteiger partial charge in [-0.25, -0.2) is 4.98 Å². The minimum absolute atomic E-state index is 0.917. The van der Waals surface area contributed by atoms with Crippen LogP contribution < -0.4 is 0 Å². The summed E-state index contributed by atoms with van der Waals surface area (Å²) in [5.41, 5.74) is 3.60. The summed E-state index contributed by atoms with van der Waals surface area (Å²) >= 11 is 0. The number of aromatic nitrogens is 2. The van der Waals surface area contributed by atoms with Crippen LogP contribution in [0.25, 0.3) is 5.57 Å². The SMILES string of the molecule is CN1CCCC/C1=C(/c1ccoc1)c1ncc[nH]1. The molecule has 0 aromatic carbocycles. The van der Waals surface area contributed by atoms with Crippen molar-refractivity contribution in [1.82, 2.24) is 14.9 Å². The molecule has 0 amide bonds. The van der Waals surface area contributed by atoms with E-state index in [9.17, 15) is 0 Å². The fourth-order valence-corrected chi connectivity index (χ4v) is 2.53. The second-order valence-corrected chi connectivity index (χ2v) is 4.65. The number of nitrogens with one attached hydrogen (secondary N) is 1. The fraction of sp³-hybridized carbons (Fsp3) is 0.357. The molecule has 1 aliphatic heterocycles. The van der Waals surface area contributed by atoms with Crippen molar-refractivity contribution < 1.29 is 4.42 Å². The van der Waals surface area contributed by atoms with Gasteiger partial charge in [0, 0.05) is 42.8 Å². The highest BCUT2D eigenvalue weighted by atomic mass is 16.3. The second-order valence-electron chi connectivity index (χ2n) is 4.65. The molecule has 18 heavy (non-hydrogen) atoms. The molecule has 1 aliphatic rings. The van der Waals surface area contributed by atoms with Crippen LogP contribution in [-0.2, 0) is 0 Å². The van der Waals surface area contributed by atoms with Gasteiger partial charge in [0.1, 0.15) is 5.82 Å². The lowest BCUT2D eigenvalue weighted by molar-refractivity contribution is 0.347. The van der Waals surface area contributed by atoms with Gasteiger partial charge < -0.3 is 14.3 Å². The van der Waals surface area contributed by atoms with Crippen LogP contribution in [0.2, 0.25) is 0 Å². The van der Waals surface area contributed by atoms with Gasteiger partial charge >= 0.3 is 0 Å². The van der Waals surface area contributed by atoms with Crippen LogP contribution in [-0.4, -0.2) is 28.5 Å². The molecule has 3 heterocycles. The van der Waals surface area contributed by atoms with Crippen LogP contribution in [0, 0.1) is 0 Å². The Morgan fingerprint density at radius 3 is 3.06 bits per heavy atom. The van der Waals surface area contributed by atoms with Crippen LogP contribution in [0.15, 0.2) is 41.1 Å². The summed E-state index contributed by atoms with van der Waals surface area (Å²) in [6.07, 6.45) is 10.7. The summed E-state index contributed by atoms with van der Waals surface area (Å²) in [6, 6.07) is 1.99. The molecule has 1 N–H and O–H groups in total. The van der Waals surface area contributed by atoms with E-state index in [4.69, 9.17) is 4.42 Å². The number of rotatable bonds is 2. The molecule has 0 atom stereocenters. The Labute approximate surface area is 106 Å². The largest absolute Gasteiger partial charge is 0.472 e. The first-order valence-corrected chi connectivity index (χ1v) is 6.33. The summed E-state index contributed by atoms with van der Waals surface area (Å²) in [4.78, 5) is 9.93. The highest BCUT2D eigenvalue weighted by Crippen LogP contribution is 2.31. The van der Waals surface area contributed by atoms with Crippen LogP contribution in [0.4, 0.5) is 0 Å². The minimum Gasteiger partial charge on any atom is -0.472 e. The number of imidazole rings is 1. The van der Waals surface area contributed by atoms with Crippen molar-refractivity contribution in [3.63, 3.8) is 0 Å². The monoisotopic (exact) mass is 243 g/mol. The number of hydrogen-bond acceptors (Lipinski definition) is 3. The van der Waals surface area contributed by atoms with Gasteiger partial charge in [0.05, 0.1) is 12.5 Å². The number of aromatic amines is 1. The van der Waals surface area contributed by atoms with E-state index in [1.54, 1.807) is 18.7 Å². The average molecular weight is 243 g/mol. The molecule has 0 saturated carbocycles. The van der Waals surface area contributed by atoms with E-state index < -0.39 is 0 Å². The predicted octanol–water partition coefficient (Wildman–Crippen LogP) is 2.88. The number of hydrogen-bond donors (Lipinski definition) is 1. The van der Waals surface area contributed by atoms with Crippen LogP contribution in [0.3, 0.4) is 0 Å². The molecule has 2 aromatic rings. The smallest absolute Gasteiger partial charge is 0.139 e. The predicted molar refractivity (Wildman–Crippen MR) is 69.8 cm³/mol. The quantitative estimate of drug-likeness (QED) is 0.882. The molecular formula is C14H17N3O. The van der Waals surface area contributed by atoms with Crippen molar-refractivity contribution in [2.24, 2.45) is 0 Å². The first kappa shape index (κ1) is 11.1. The molecule has 4 heteroatoms. The van der Waals surface area contributed by atoms with E-state index >= 15 is 0 Å². The molecular weight excluding hydrogens is 226 g/mol. The van der Waals surface area contributed by atoms with Gasteiger partial charge in [0.15, 0.2) is 0 Å². The first-order chi connectivity index (χ1) is 8.86. The topological polar surface area (TPSA) is 45.1 Å². The van der Waals surface area contributed by atoms with Crippen molar-refractivity contribution in [3.05, 3.63) is 48.1 Å². The third kappa shape index (κ3) is 1.94. The van der Waals surface area contributed by atoms with Gasteiger partial charge in [0.2, 0.25) is 0 Å². The van der Waals surface area contributed by atoms with Crippen molar-refractivity contribution >= 4 is 5.57 Å². The van der Waals surface area contributed by atoms with E-state index in [1.807, 2.05) is 12.3 Å². The summed E-state index contributed by atoms with van der Waals surface area (Å²) in [5.74, 6) is 0.917.